The highest BCUT2D eigenvalue weighted by molar-refractivity contribution is 5.90. The summed E-state index contributed by atoms with van der Waals surface area (Å²) in [6, 6.07) is 7.79. The summed E-state index contributed by atoms with van der Waals surface area (Å²) in [6.07, 6.45) is 3.03. The number of amides is 1. The van der Waals surface area contributed by atoms with E-state index >= 15 is 0 Å². The number of nitrogens with zero attached hydrogens (tertiary/aromatic N) is 2. The van der Waals surface area contributed by atoms with E-state index in [1.165, 1.54) is 11.9 Å². The van der Waals surface area contributed by atoms with Crippen LogP contribution in [0.4, 0.5) is 0 Å². The van der Waals surface area contributed by atoms with Crippen LogP contribution in [-0.2, 0) is 5.41 Å². The molecule has 0 spiro atoms. The highest BCUT2D eigenvalue weighted by Crippen LogP contribution is 2.26. The summed E-state index contributed by atoms with van der Waals surface area (Å²) in [5.41, 5.74) is 6.68. The van der Waals surface area contributed by atoms with Crippen molar-refractivity contribution >= 4 is 5.91 Å². The summed E-state index contributed by atoms with van der Waals surface area (Å²) in [5.74, 6) is 0.221. The van der Waals surface area contributed by atoms with Crippen LogP contribution in [0.2, 0.25) is 0 Å². The zero-order valence-electron chi connectivity index (χ0n) is 15.3. The zero-order valence-corrected chi connectivity index (χ0v) is 15.3. The number of ether oxygens (including phenoxy) is 1. The molecule has 0 bridgehead atoms. The Hall–Kier alpha value is -2.34. The van der Waals surface area contributed by atoms with Gasteiger partial charge in [0.05, 0.1) is 25.1 Å². The lowest BCUT2D eigenvalue weighted by Crippen LogP contribution is -2.23. The van der Waals surface area contributed by atoms with Crippen molar-refractivity contribution in [1.82, 2.24) is 9.55 Å². The predicted octanol–water partition coefficient (Wildman–Crippen LogP) is 2.67. The second-order valence-electron chi connectivity index (χ2n) is 7.29. The molecule has 1 heterocycles. The van der Waals surface area contributed by atoms with E-state index in [2.05, 4.69) is 31.8 Å². The minimum absolute atomic E-state index is 0.0590. The molecular weight excluding hydrogens is 318 g/mol. The average Bonchev–Trinajstić information content (AvgIpc) is 3.00. The quantitative estimate of drug-likeness (QED) is 0.807. The third-order valence-electron chi connectivity index (χ3n) is 4.18. The Bertz CT molecular complexity index is 717. The smallest absolute Gasteiger partial charge is 0.268 e. The van der Waals surface area contributed by atoms with Crippen molar-refractivity contribution in [2.75, 3.05) is 6.61 Å². The van der Waals surface area contributed by atoms with Crippen LogP contribution in [0.3, 0.4) is 0 Å². The Morgan fingerprint density at radius 1 is 1.40 bits per heavy atom. The number of hydrogen-bond donors (Lipinski definition) is 2. The molecule has 2 aromatic rings. The number of aromatic nitrogens is 2. The lowest BCUT2D eigenvalue weighted by atomic mass is 9.87. The summed E-state index contributed by atoms with van der Waals surface area (Å²) in [6.45, 7) is 8.61. The van der Waals surface area contributed by atoms with Crippen LogP contribution in [-0.4, -0.2) is 33.3 Å². The summed E-state index contributed by atoms with van der Waals surface area (Å²) in [4.78, 5) is 15.1. The van der Waals surface area contributed by atoms with Gasteiger partial charge < -0.3 is 20.1 Å². The Kier molecular flexibility index (Phi) is 5.85. The maximum atomic E-state index is 11.2. The molecule has 0 aliphatic carbocycles. The van der Waals surface area contributed by atoms with E-state index in [1.54, 1.807) is 17.7 Å². The van der Waals surface area contributed by atoms with Gasteiger partial charge in [0.1, 0.15) is 11.4 Å². The molecule has 2 atom stereocenters. The van der Waals surface area contributed by atoms with Crippen LogP contribution in [0.5, 0.6) is 5.75 Å². The molecular formula is C19H27N3O3. The van der Waals surface area contributed by atoms with Crippen molar-refractivity contribution in [2.45, 2.75) is 51.7 Å². The van der Waals surface area contributed by atoms with Gasteiger partial charge in [-0.1, -0.05) is 32.9 Å². The van der Waals surface area contributed by atoms with E-state index in [0.29, 0.717) is 13.0 Å². The largest absolute Gasteiger partial charge is 0.494 e. The van der Waals surface area contributed by atoms with E-state index < -0.39 is 12.0 Å². The van der Waals surface area contributed by atoms with Gasteiger partial charge >= 0.3 is 0 Å². The molecule has 0 saturated carbocycles. The SMILES string of the molecule is C[C@H](O)[C@@H](CCOc1cccc(C(C)(C)C)c1)n1cnc(C(N)=O)c1. The van der Waals surface area contributed by atoms with E-state index in [4.69, 9.17) is 10.5 Å². The van der Waals surface area contributed by atoms with Crippen LogP contribution in [0.1, 0.15) is 56.2 Å². The minimum Gasteiger partial charge on any atom is -0.494 e. The van der Waals surface area contributed by atoms with Crippen LogP contribution in [0.15, 0.2) is 36.8 Å². The Balaban J connectivity index is 2.01. The first-order chi connectivity index (χ1) is 11.7. The van der Waals surface area contributed by atoms with Crippen LogP contribution in [0, 0.1) is 0 Å². The number of benzene rings is 1. The van der Waals surface area contributed by atoms with Gasteiger partial charge in [0.2, 0.25) is 0 Å². The molecule has 2 rings (SSSR count). The van der Waals surface area contributed by atoms with Crippen molar-refractivity contribution in [1.29, 1.82) is 0 Å². The third kappa shape index (κ3) is 5.06. The predicted molar refractivity (Wildman–Crippen MR) is 96.7 cm³/mol. The maximum absolute atomic E-state index is 11.2. The van der Waals surface area contributed by atoms with Crippen LogP contribution < -0.4 is 10.5 Å². The number of nitrogens with two attached hydrogens (primary N) is 1. The lowest BCUT2D eigenvalue weighted by molar-refractivity contribution is 0.0993. The number of carbonyl (C=O) groups is 1. The second kappa shape index (κ2) is 7.70. The average molecular weight is 345 g/mol. The Morgan fingerprint density at radius 3 is 2.68 bits per heavy atom. The number of primary amides is 1. The topological polar surface area (TPSA) is 90.4 Å². The van der Waals surface area contributed by atoms with Crippen molar-refractivity contribution < 1.29 is 14.6 Å². The molecule has 0 radical (unpaired) electrons. The molecule has 0 saturated heterocycles. The first-order valence-corrected chi connectivity index (χ1v) is 8.43. The standard InChI is InChI=1S/C19H27N3O3/c1-13(23)17(22-11-16(18(20)24)21-12-22)8-9-25-15-7-5-6-14(10-15)19(2,3)4/h5-7,10-13,17,23H,8-9H2,1-4H3,(H2,20,24)/t13-,17+/m0/s1. The highest BCUT2D eigenvalue weighted by atomic mass is 16.5. The molecule has 6 nitrogen and oxygen atoms in total. The number of carbonyl (C=O) groups excluding carboxylic acids is 1. The fraction of sp³-hybridized carbons (Fsp3) is 0.474. The van der Waals surface area contributed by atoms with E-state index in [9.17, 15) is 9.90 Å². The van der Waals surface area contributed by atoms with Gasteiger partial charge in [0.25, 0.3) is 5.91 Å². The van der Waals surface area contributed by atoms with E-state index in [0.717, 1.165) is 5.75 Å². The summed E-state index contributed by atoms with van der Waals surface area (Å²) in [5, 5.41) is 10.0. The van der Waals surface area contributed by atoms with Crippen molar-refractivity contribution in [2.24, 2.45) is 5.73 Å². The molecule has 0 aliphatic rings. The second-order valence-corrected chi connectivity index (χ2v) is 7.29. The number of hydrogen-bond acceptors (Lipinski definition) is 4. The minimum atomic E-state index is -0.612. The van der Waals surface area contributed by atoms with E-state index in [1.807, 2.05) is 18.2 Å². The number of aliphatic hydroxyl groups excluding tert-OH is 1. The zero-order chi connectivity index (χ0) is 18.6. The Labute approximate surface area is 148 Å². The summed E-state index contributed by atoms with van der Waals surface area (Å²) >= 11 is 0. The fourth-order valence-corrected chi connectivity index (χ4v) is 2.63. The molecule has 25 heavy (non-hydrogen) atoms. The van der Waals surface area contributed by atoms with Crippen LogP contribution in [0.25, 0.3) is 0 Å². The first-order valence-electron chi connectivity index (χ1n) is 8.43. The summed E-state index contributed by atoms with van der Waals surface area (Å²) in [7, 11) is 0. The maximum Gasteiger partial charge on any atom is 0.268 e. The van der Waals surface area contributed by atoms with Crippen molar-refractivity contribution in [3.05, 3.63) is 48.0 Å². The van der Waals surface area contributed by atoms with Crippen molar-refractivity contribution in [3.8, 4) is 5.75 Å². The van der Waals surface area contributed by atoms with Gasteiger partial charge in [0.15, 0.2) is 0 Å². The van der Waals surface area contributed by atoms with Crippen LogP contribution >= 0.6 is 0 Å². The van der Waals surface area contributed by atoms with Gasteiger partial charge in [-0.05, 0) is 30.0 Å². The molecule has 1 aromatic carbocycles. The lowest BCUT2D eigenvalue weighted by Gasteiger charge is -2.22. The van der Waals surface area contributed by atoms with Gasteiger partial charge in [-0.15, -0.1) is 0 Å². The normalized spacial score (nSPS) is 14.1. The molecule has 136 valence electrons. The van der Waals surface area contributed by atoms with Gasteiger partial charge in [-0.2, -0.15) is 0 Å². The van der Waals surface area contributed by atoms with Gasteiger partial charge in [-0.3, -0.25) is 4.79 Å². The van der Waals surface area contributed by atoms with Gasteiger partial charge in [0, 0.05) is 12.6 Å². The van der Waals surface area contributed by atoms with Crippen molar-refractivity contribution in [3.63, 3.8) is 0 Å². The fourth-order valence-electron chi connectivity index (χ4n) is 2.63. The molecule has 0 aliphatic heterocycles. The number of rotatable bonds is 7. The molecule has 0 unspecified atom stereocenters. The Morgan fingerprint density at radius 2 is 2.12 bits per heavy atom. The molecule has 1 amide bonds. The number of imidazole rings is 1. The molecule has 6 heteroatoms. The molecule has 0 fully saturated rings. The monoisotopic (exact) mass is 345 g/mol. The number of aliphatic hydroxyl groups is 1. The third-order valence-corrected chi connectivity index (χ3v) is 4.18. The molecule has 3 N–H and O–H groups in total. The van der Waals surface area contributed by atoms with Gasteiger partial charge in [-0.25, -0.2) is 4.98 Å². The summed E-state index contributed by atoms with van der Waals surface area (Å²) < 4.78 is 7.57. The first kappa shape index (κ1) is 19.0. The highest BCUT2D eigenvalue weighted by Gasteiger charge is 2.19. The van der Waals surface area contributed by atoms with E-state index in [-0.39, 0.29) is 17.2 Å². The molecule has 1 aromatic heterocycles.